The molecular formula is C29H32FN5O2. The third-order valence-electron chi connectivity index (χ3n) is 6.68. The molecule has 5 rings (SSSR count). The molecule has 8 heteroatoms. The summed E-state index contributed by atoms with van der Waals surface area (Å²) in [5.74, 6) is 0.565. The molecule has 0 bridgehead atoms. The zero-order valence-corrected chi connectivity index (χ0v) is 21.2. The number of amides is 2. The lowest BCUT2D eigenvalue weighted by Crippen LogP contribution is -2.42. The van der Waals surface area contributed by atoms with E-state index in [0.29, 0.717) is 44.7 Å². The van der Waals surface area contributed by atoms with E-state index in [1.54, 1.807) is 11.0 Å². The fourth-order valence-electron chi connectivity index (χ4n) is 4.99. The summed E-state index contributed by atoms with van der Waals surface area (Å²) in [6, 6.07) is 19.8. The van der Waals surface area contributed by atoms with Gasteiger partial charge in [-0.25, -0.2) is 13.9 Å². The number of fused-ring (bicyclic) bond motifs is 3. The summed E-state index contributed by atoms with van der Waals surface area (Å²) in [5, 5.41) is 8.02. The lowest BCUT2D eigenvalue weighted by molar-refractivity contribution is 0.143. The fraction of sp³-hybridized carbons (Fsp3) is 0.310. The molecule has 0 saturated carbocycles. The predicted molar refractivity (Wildman–Crippen MR) is 141 cm³/mol. The van der Waals surface area contributed by atoms with Gasteiger partial charge in [-0.2, -0.15) is 5.10 Å². The van der Waals surface area contributed by atoms with Crippen LogP contribution in [0.1, 0.15) is 48.8 Å². The Morgan fingerprint density at radius 1 is 1.11 bits per heavy atom. The SMILES string of the molecule is CCOCCCNC(=O)N1Cc2c(CC)nn(-c3ccccc3)c2-n2cccc2[C@H]1c1cccc(F)c1. The zero-order valence-electron chi connectivity index (χ0n) is 21.2. The van der Waals surface area contributed by atoms with Gasteiger partial charge < -0.3 is 19.5 Å². The van der Waals surface area contributed by atoms with E-state index in [9.17, 15) is 9.18 Å². The van der Waals surface area contributed by atoms with Crippen LogP contribution in [-0.2, 0) is 17.7 Å². The minimum Gasteiger partial charge on any atom is -0.382 e. The lowest BCUT2D eigenvalue weighted by Gasteiger charge is -2.31. The third kappa shape index (κ3) is 4.89. The van der Waals surface area contributed by atoms with E-state index in [0.717, 1.165) is 28.5 Å². The van der Waals surface area contributed by atoms with Gasteiger partial charge in [0, 0.05) is 31.5 Å². The number of nitrogens with one attached hydrogen (secondary N) is 1. The second-order valence-corrected chi connectivity index (χ2v) is 9.02. The number of hydrogen-bond donors (Lipinski definition) is 1. The second-order valence-electron chi connectivity index (χ2n) is 9.02. The topological polar surface area (TPSA) is 64.3 Å². The van der Waals surface area contributed by atoms with Gasteiger partial charge in [0.15, 0.2) is 0 Å². The second kappa shape index (κ2) is 11.0. The maximum atomic E-state index is 14.4. The number of ether oxygens (including phenoxy) is 1. The summed E-state index contributed by atoms with van der Waals surface area (Å²) in [6.07, 6.45) is 3.42. The van der Waals surface area contributed by atoms with Crippen LogP contribution in [0.5, 0.6) is 0 Å². The summed E-state index contributed by atoms with van der Waals surface area (Å²) in [7, 11) is 0. The van der Waals surface area contributed by atoms with Gasteiger partial charge in [-0.15, -0.1) is 0 Å². The first-order chi connectivity index (χ1) is 18.1. The van der Waals surface area contributed by atoms with E-state index in [4.69, 9.17) is 9.84 Å². The molecule has 0 spiro atoms. The number of carbonyl (C=O) groups excluding carboxylic acids is 1. The maximum absolute atomic E-state index is 14.4. The van der Waals surface area contributed by atoms with Gasteiger partial charge in [0.2, 0.25) is 0 Å². The molecule has 37 heavy (non-hydrogen) atoms. The molecule has 2 amide bonds. The van der Waals surface area contributed by atoms with Crippen molar-refractivity contribution in [2.75, 3.05) is 19.8 Å². The van der Waals surface area contributed by atoms with Crippen molar-refractivity contribution in [2.24, 2.45) is 0 Å². The number of halogens is 1. The van der Waals surface area contributed by atoms with Crippen molar-refractivity contribution in [3.05, 3.63) is 101 Å². The molecule has 192 valence electrons. The number of carbonyl (C=O) groups is 1. The number of para-hydroxylation sites is 1. The van der Waals surface area contributed by atoms with Gasteiger partial charge in [-0.05, 0) is 61.7 Å². The minimum atomic E-state index is -0.487. The average Bonchev–Trinajstić information content (AvgIpc) is 3.50. The molecule has 0 aliphatic carbocycles. The lowest BCUT2D eigenvalue weighted by atomic mass is 10.0. The predicted octanol–water partition coefficient (Wildman–Crippen LogP) is 5.41. The third-order valence-corrected chi connectivity index (χ3v) is 6.68. The largest absolute Gasteiger partial charge is 0.382 e. The van der Waals surface area contributed by atoms with Crippen molar-refractivity contribution >= 4 is 6.03 Å². The number of rotatable bonds is 8. The van der Waals surface area contributed by atoms with E-state index in [2.05, 4.69) is 16.8 Å². The molecule has 2 aromatic heterocycles. The molecular weight excluding hydrogens is 469 g/mol. The molecule has 1 aliphatic rings. The van der Waals surface area contributed by atoms with Gasteiger partial charge in [0.25, 0.3) is 0 Å². The Bertz CT molecular complexity index is 1360. The van der Waals surface area contributed by atoms with Crippen LogP contribution in [0.2, 0.25) is 0 Å². The molecule has 7 nitrogen and oxygen atoms in total. The van der Waals surface area contributed by atoms with E-state index in [-0.39, 0.29) is 11.8 Å². The van der Waals surface area contributed by atoms with Crippen LogP contribution < -0.4 is 5.32 Å². The Morgan fingerprint density at radius 3 is 2.70 bits per heavy atom. The number of benzene rings is 2. The normalized spacial score (nSPS) is 14.7. The highest BCUT2D eigenvalue weighted by molar-refractivity contribution is 5.76. The van der Waals surface area contributed by atoms with Gasteiger partial charge in [0.05, 0.1) is 29.7 Å². The van der Waals surface area contributed by atoms with Crippen molar-refractivity contribution in [1.29, 1.82) is 0 Å². The smallest absolute Gasteiger partial charge is 0.318 e. The minimum absolute atomic E-state index is 0.208. The van der Waals surface area contributed by atoms with E-state index < -0.39 is 6.04 Å². The van der Waals surface area contributed by atoms with Gasteiger partial charge >= 0.3 is 6.03 Å². The van der Waals surface area contributed by atoms with Gasteiger partial charge in [-0.3, -0.25) is 0 Å². The summed E-state index contributed by atoms with van der Waals surface area (Å²) in [5.41, 5.74) is 4.43. The van der Waals surface area contributed by atoms with Crippen molar-refractivity contribution in [1.82, 2.24) is 24.6 Å². The standard InChI is InChI=1S/C29H32FN5O2/c1-3-25-24-20-34(29(36)31-16-10-18-37-4-2)27(21-11-8-12-22(30)19-21)26-15-9-17-33(26)28(24)35(32-25)23-13-6-5-7-14-23/h5-9,11-15,17,19,27H,3-4,10,16,18,20H2,1-2H3,(H,31,36)/t27-/m1/s1. The zero-order chi connectivity index (χ0) is 25.8. The molecule has 1 N–H and O–H groups in total. The van der Waals surface area contributed by atoms with Crippen LogP contribution in [-0.4, -0.2) is 45.0 Å². The van der Waals surface area contributed by atoms with Crippen molar-refractivity contribution in [2.45, 2.75) is 39.3 Å². The van der Waals surface area contributed by atoms with Crippen LogP contribution in [0.4, 0.5) is 9.18 Å². The van der Waals surface area contributed by atoms with Crippen LogP contribution in [0, 0.1) is 5.82 Å². The first kappa shape index (κ1) is 24.8. The number of nitrogens with zero attached hydrogens (tertiary/aromatic N) is 4. The monoisotopic (exact) mass is 501 g/mol. The summed E-state index contributed by atoms with van der Waals surface area (Å²) in [6.45, 7) is 6.08. The van der Waals surface area contributed by atoms with Gasteiger partial charge in [-0.1, -0.05) is 37.3 Å². The first-order valence-corrected chi connectivity index (χ1v) is 12.8. The molecule has 3 heterocycles. The van der Waals surface area contributed by atoms with Crippen molar-refractivity contribution in [3.8, 4) is 11.5 Å². The Kier molecular flexibility index (Phi) is 7.37. The highest BCUT2D eigenvalue weighted by Crippen LogP contribution is 2.38. The first-order valence-electron chi connectivity index (χ1n) is 12.8. The van der Waals surface area contributed by atoms with E-state index in [1.807, 2.05) is 66.3 Å². The van der Waals surface area contributed by atoms with E-state index >= 15 is 0 Å². The quantitative estimate of drug-likeness (QED) is 0.329. The van der Waals surface area contributed by atoms with Crippen LogP contribution in [0.15, 0.2) is 72.9 Å². The van der Waals surface area contributed by atoms with Crippen LogP contribution in [0.25, 0.3) is 11.5 Å². The number of hydrogen-bond acceptors (Lipinski definition) is 3. The number of aromatic nitrogens is 3. The Labute approximate surface area is 216 Å². The summed E-state index contributed by atoms with van der Waals surface area (Å²) >= 11 is 0. The Hall–Kier alpha value is -3.91. The maximum Gasteiger partial charge on any atom is 0.318 e. The van der Waals surface area contributed by atoms with Crippen LogP contribution >= 0.6 is 0 Å². The number of urea groups is 1. The average molecular weight is 502 g/mol. The highest BCUT2D eigenvalue weighted by atomic mass is 19.1. The molecule has 0 saturated heterocycles. The number of aryl methyl sites for hydroxylation is 1. The van der Waals surface area contributed by atoms with E-state index in [1.165, 1.54) is 12.1 Å². The van der Waals surface area contributed by atoms with Crippen LogP contribution in [0.3, 0.4) is 0 Å². The molecule has 2 aromatic carbocycles. The summed E-state index contributed by atoms with van der Waals surface area (Å²) in [4.78, 5) is 15.5. The molecule has 1 atom stereocenters. The molecule has 0 unspecified atom stereocenters. The highest BCUT2D eigenvalue weighted by Gasteiger charge is 2.36. The summed E-state index contributed by atoms with van der Waals surface area (Å²) < 4.78 is 23.9. The molecule has 1 aliphatic heterocycles. The fourth-order valence-corrected chi connectivity index (χ4v) is 4.99. The van der Waals surface area contributed by atoms with Crippen molar-refractivity contribution in [3.63, 3.8) is 0 Å². The molecule has 0 radical (unpaired) electrons. The Morgan fingerprint density at radius 2 is 1.95 bits per heavy atom. The molecule has 4 aromatic rings. The van der Waals surface area contributed by atoms with Crippen molar-refractivity contribution < 1.29 is 13.9 Å². The Balaban J connectivity index is 1.64. The molecule has 0 fully saturated rings. The van der Waals surface area contributed by atoms with Gasteiger partial charge in [0.1, 0.15) is 11.6 Å².